The van der Waals surface area contributed by atoms with Gasteiger partial charge in [-0.15, -0.1) is 0 Å². The zero-order valence-electron chi connectivity index (χ0n) is 12.9. The molecule has 0 saturated heterocycles. The lowest BCUT2D eigenvalue weighted by atomic mass is 10.1. The molecule has 0 aliphatic carbocycles. The van der Waals surface area contributed by atoms with Gasteiger partial charge in [-0.2, -0.15) is 0 Å². The van der Waals surface area contributed by atoms with Gasteiger partial charge in [-0.1, -0.05) is 45.4 Å². The Morgan fingerprint density at radius 3 is 2.28 bits per heavy atom. The summed E-state index contributed by atoms with van der Waals surface area (Å²) >= 11 is 3.29. The number of rotatable bonds is 6. The highest BCUT2D eigenvalue weighted by Crippen LogP contribution is 2.25. The second kappa shape index (κ2) is 7.20. The minimum Gasteiger partial charge on any atom is -0.363 e. The molecular formula is C17H13BrN2O4S. The highest BCUT2D eigenvalue weighted by Gasteiger charge is 2.27. The first-order valence-corrected chi connectivity index (χ1v) is 9.47. The smallest absolute Gasteiger partial charge is 0.265 e. The van der Waals surface area contributed by atoms with Crippen LogP contribution in [0.25, 0.3) is 0 Å². The van der Waals surface area contributed by atoms with Crippen molar-refractivity contribution in [2.75, 3.05) is 4.31 Å². The molecule has 2 aromatic carbocycles. The van der Waals surface area contributed by atoms with Gasteiger partial charge in [0, 0.05) is 16.1 Å². The molecule has 0 atom stereocenters. The van der Waals surface area contributed by atoms with Crippen LogP contribution in [0.3, 0.4) is 0 Å². The number of aromatic nitrogens is 1. The third-order valence-electron chi connectivity index (χ3n) is 3.52. The Labute approximate surface area is 153 Å². The van der Waals surface area contributed by atoms with E-state index in [1.807, 2.05) is 0 Å². The molecule has 8 heteroatoms. The van der Waals surface area contributed by atoms with Crippen LogP contribution in [0.1, 0.15) is 15.9 Å². The third-order valence-corrected chi connectivity index (χ3v) is 5.82. The molecule has 25 heavy (non-hydrogen) atoms. The SMILES string of the molecule is O=Cc1ccc(CN(c2ccon2)S(=O)(=O)c2ccc(Br)cc2)cc1. The average molecular weight is 421 g/mol. The molecule has 0 spiro atoms. The van der Waals surface area contributed by atoms with Crippen LogP contribution in [0.15, 0.2) is 74.8 Å². The highest BCUT2D eigenvalue weighted by molar-refractivity contribution is 9.10. The molecule has 0 N–H and O–H groups in total. The molecule has 0 bridgehead atoms. The molecule has 0 radical (unpaired) electrons. The Hall–Kier alpha value is -2.45. The van der Waals surface area contributed by atoms with Crippen LogP contribution in [0.5, 0.6) is 0 Å². The van der Waals surface area contributed by atoms with Gasteiger partial charge >= 0.3 is 0 Å². The summed E-state index contributed by atoms with van der Waals surface area (Å²) in [7, 11) is -3.83. The quantitative estimate of drug-likeness (QED) is 0.568. The first-order chi connectivity index (χ1) is 12.0. The van der Waals surface area contributed by atoms with Crippen LogP contribution in [0, 0.1) is 0 Å². The van der Waals surface area contributed by atoms with Crippen LogP contribution in [0.4, 0.5) is 5.82 Å². The zero-order chi connectivity index (χ0) is 17.9. The fraction of sp³-hybridized carbons (Fsp3) is 0.0588. The lowest BCUT2D eigenvalue weighted by Gasteiger charge is -2.21. The highest BCUT2D eigenvalue weighted by atomic mass is 79.9. The van der Waals surface area contributed by atoms with E-state index >= 15 is 0 Å². The van der Waals surface area contributed by atoms with Gasteiger partial charge in [0.2, 0.25) is 0 Å². The number of benzene rings is 2. The Balaban J connectivity index is 1.99. The molecular weight excluding hydrogens is 408 g/mol. The lowest BCUT2D eigenvalue weighted by Crippen LogP contribution is -2.30. The van der Waals surface area contributed by atoms with Gasteiger partial charge in [0.05, 0.1) is 11.4 Å². The summed E-state index contributed by atoms with van der Waals surface area (Å²) < 4.78 is 32.8. The Morgan fingerprint density at radius 2 is 1.72 bits per heavy atom. The third kappa shape index (κ3) is 3.80. The number of anilines is 1. The van der Waals surface area contributed by atoms with Gasteiger partial charge in [-0.05, 0) is 29.8 Å². The number of carbonyl (C=O) groups excluding carboxylic acids is 1. The van der Waals surface area contributed by atoms with E-state index in [0.717, 1.165) is 15.1 Å². The van der Waals surface area contributed by atoms with Crippen LogP contribution >= 0.6 is 15.9 Å². The summed E-state index contributed by atoms with van der Waals surface area (Å²) in [5.41, 5.74) is 1.24. The lowest BCUT2D eigenvalue weighted by molar-refractivity contribution is 0.112. The maximum Gasteiger partial charge on any atom is 0.265 e. The normalized spacial score (nSPS) is 11.2. The van der Waals surface area contributed by atoms with Crippen LogP contribution in [-0.2, 0) is 16.6 Å². The number of carbonyl (C=O) groups is 1. The van der Waals surface area contributed by atoms with E-state index in [4.69, 9.17) is 4.52 Å². The molecule has 1 heterocycles. The fourth-order valence-corrected chi connectivity index (χ4v) is 3.88. The molecule has 6 nitrogen and oxygen atoms in total. The molecule has 128 valence electrons. The maximum atomic E-state index is 13.0. The van der Waals surface area contributed by atoms with E-state index in [0.29, 0.717) is 11.1 Å². The molecule has 1 aromatic heterocycles. The minimum absolute atomic E-state index is 0.0596. The van der Waals surface area contributed by atoms with E-state index in [2.05, 4.69) is 21.1 Å². The number of nitrogens with zero attached hydrogens (tertiary/aromatic N) is 2. The van der Waals surface area contributed by atoms with Gasteiger partial charge in [0.25, 0.3) is 10.0 Å². The molecule has 0 saturated carbocycles. The van der Waals surface area contributed by atoms with Crippen LogP contribution in [-0.4, -0.2) is 19.9 Å². The van der Waals surface area contributed by atoms with E-state index in [-0.39, 0.29) is 17.3 Å². The largest absolute Gasteiger partial charge is 0.363 e. The van der Waals surface area contributed by atoms with Gasteiger partial charge < -0.3 is 4.52 Å². The van der Waals surface area contributed by atoms with Crippen molar-refractivity contribution in [1.82, 2.24) is 5.16 Å². The fourth-order valence-electron chi connectivity index (χ4n) is 2.23. The van der Waals surface area contributed by atoms with Gasteiger partial charge in [0.15, 0.2) is 5.82 Å². The summed E-state index contributed by atoms with van der Waals surface area (Å²) in [6, 6.07) is 14.5. The number of aldehydes is 1. The van der Waals surface area contributed by atoms with Crippen LogP contribution in [0.2, 0.25) is 0 Å². The van der Waals surface area contributed by atoms with E-state index < -0.39 is 10.0 Å². The second-order valence-electron chi connectivity index (χ2n) is 5.18. The van der Waals surface area contributed by atoms with Gasteiger partial charge in [-0.25, -0.2) is 12.7 Å². The summed E-state index contributed by atoms with van der Waals surface area (Å²) in [6.07, 6.45) is 2.05. The standard InChI is InChI=1S/C17H13BrN2O4S/c18-15-5-7-16(8-6-15)25(22,23)20(17-9-10-24-19-17)11-13-1-3-14(12-21)4-2-13/h1-10,12H,11H2. The Morgan fingerprint density at radius 1 is 1.04 bits per heavy atom. The van der Waals surface area contributed by atoms with Crippen molar-refractivity contribution in [3.63, 3.8) is 0 Å². The zero-order valence-corrected chi connectivity index (χ0v) is 15.3. The monoisotopic (exact) mass is 420 g/mol. The second-order valence-corrected chi connectivity index (χ2v) is 7.96. The number of hydrogen-bond acceptors (Lipinski definition) is 5. The predicted molar refractivity (Wildman–Crippen MR) is 95.8 cm³/mol. The van der Waals surface area contributed by atoms with Crippen molar-refractivity contribution in [3.05, 3.63) is 76.5 Å². The number of sulfonamides is 1. The van der Waals surface area contributed by atoms with Crippen molar-refractivity contribution in [2.45, 2.75) is 11.4 Å². The van der Waals surface area contributed by atoms with Crippen molar-refractivity contribution in [1.29, 1.82) is 0 Å². The van der Waals surface area contributed by atoms with Crippen molar-refractivity contribution in [3.8, 4) is 0 Å². The van der Waals surface area contributed by atoms with Crippen molar-refractivity contribution < 1.29 is 17.7 Å². The summed E-state index contributed by atoms with van der Waals surface area (Å²) in [4.78, 5) is 10.9. The Bertz CT molecular complexity index is 953. The first-order valence-electron chi connectivity index (χ1n) is 7.23. The number of hydrogen-bond donors (Lipinski definition) is 0. The predicted octanol–water partition coefficient (Wildman–Crippen LogP) is 3.65. The van der Waals surface area contributed by atoms with E-state index in [1.165, 1.54) is 24.5 Å². The molecule has 3 aromatic rings. The molecule has 0 aliphatic rings. The topological polar surface area (TPSA) is 80.5 Å². The number of halogens is 1. The molecule has 0 aliphatic heterocycles. The summed E-state index contributed by atoms with van der Waals surface area (Å²) in [5.74, 6) is 0.183. The van der Waals surface area contributed by atoms with Gasteiger partial charge in [-0.3, -0.25) is 4.79 Å². The van der Waals surface area contributed by atoms with E-state index in [1.54, 1.807) is 36.4 Å². The summed E-state index contributed by atoms with van der Waals surface area (Å²) in [5, 5.41) is 3.76. The van der Waals surface area contributed by atoms with E-state index in [9.17, 15) is 13.2 Å². The first kappa shape index (κ1) is 17.4. The summed E-state index contributed by atoms with van der Waals surface area (Å²) in [6.45, 7) is 0.0596. The Kier molecular flexibility index (Phi) is 5.00. The van der Waals surface area contributed by atoms with Crippen molar-refractivity contribution >= 4 is 38.1 Å². The maximum absolute atomic E-state index is 13.0. The molecule has 0 unspecified atom stereocenters. The van der Waals surface area contributed by atoms with Gasteiger partial charge in [0.1, 0.15) is 12.5 Å². The van der Waals surface area contributed by atoms with Crippen LogP contribution < -0.4 is 4.31 Å². The molecule has 3 rings (SSSR count). The minimum atomic E-state index is -3.83. The van der Waals surface area contributed by atoms with Crippen molar-refractivity contribution in [2.24, 2.45) is 0 Å². The average Bonchev–Trinajstić information content (AvgIpc) is 3.14. The molecule has 0 amide bonds. The molecule has 0 fully saturated rings.